The summed E-state index contributed by atoms with van der Waals surface area (Å²) in [6, 6.07) is 6.23. The zero-order valence-electron chi connectivity index (χ0n) is 14.6. The van der Waals surface area contributed by atoms with Gasteiger partial charge in [0.1, 0.15) is 0 Å². The van der Waals surface area contributed by atoms with Crippen LogP contribution in [0.15, 0.2) is 45.2 Å². The van der Waals surface area contributed by atoms with Gasteiger partial charge >= 0.3 is 12.0 Å². The van der Waals surface area contributed by atoms with Crippen LogP contribution >= 0.6 is 23.4 Å². The zero-order valence-corrected chi connectivity index (χ0v) is 16.2. The molecular formula is C17H17ClN4O4S. The molecule has 0 aliphatic carbocycles. The summed E-state index contributed by atoms with van der Waals surface area (Å²) in [6.07, 6.45) is 0. The molecule has 1 aliphatic heterocycles. The van der Waals surface area contributed by atoms with Crippen molar-refractivity contribution in [2.45, 2.75) is 25.1 Å². The third-order valence-electron chi connectivity index (χ3n) is 3.68. The first-order valence-electron chi connectivity index (χ1n) is 8.18. The smallest absolute Gasteiger partial charge is 0.337 e. The Morgan fingerprint density at radius 1 is 1.41 bits per heavy atom. The van der Waals surface area contributed by atoms with Crippen LogP contribution in [0.25, 0.3) is 11.5 Å². The monoisotopic (exact) mass is 408 g/mol. The SMILES string of the molecule is CCOC(=O)C1=C(CSc2nnc(-c3cccc(Cl)c3)o2)NC(=O)N[C@H]1C. The second kappa shape index (κ2) is 8.45. The number of thioether (sulfide) groups is 1. The molecule has 1 aromatic carbocycles. The third-order valence-corrected chi connectivity index (χ3v) is 4.76. The Balaban J connectivity index is 1.77. The summed E-state index contributed by atoms with van der Waals surface area (Å²) in [5, 5.41) is 14.2. The zero-order chi connectivity index (χ0) is 19.4. The van der Waals surface area contributed by atoms with E-state index >= 15 is 0 Å². The number of amides is 2. The second-order valence-electron chi connectivity index (χ2n) is 5.60. The van der Waals surface area contributed by atoms with Gasteiger partial charge in [0.25, 0.3) is 5.22 Å². The van der Waals surface area contributed by atoms with Gasteiger partial charge < -0.3 is 19.8 Å². The number of carbonyl (C=O) groups excluding carboxylic acids is 2. The van der Waals surface area contributed by atoms with Crippen molar-refractivity contribution < 1.29 is 18.7 Å². The quantitative estimate of drug-likeness (QED) is 0.558. The maximum atomic E-state index is 12.2. The highest BCUT2D eigenvalue weighted by Crippen LogP contribution is 2.27. The van der Waals surface area contributed by atoms with Gasteiger partial charge in [-0.1, -0.05) is 29.4 Å². The minimum absolute atomic E-state index is 0.246. The summed E-state index contributed by atoms with van der Waals surface area (Å²) in [5.74, 6) is 0.129. The predicted molar refractivity (Wildman–Crippen MR) is 100 cm³/mol. The molecular weight excluding hydrogens is 392 g/mol. The number of carbonyl (C=O) groups is 2. The van der Waals surface area contributed by atoms with Crippen LogP contribution in [0.4, 0.5) is 4.79 Å². The van der Waals surface area contributed by atoms with Gasteiger partial charge in [-0.05, 0) is 32.0 Å². The van der Waals surface area contributed by atoms with Gasteiger partial charge in [0.05, 0.1) is 18.2 Å². The molecule has 8 nitrogen and oxygen atoms in total. The first-order chi connectivity index (χ1) is 13.0. The van der Waals surface area contributed by atoms with E-state index in [1.165, 1.54) is 11.8 Å². The molecule has 10 heteroatoms. The molecule has 0 fully saturated rings. The molecule has 0 saturated carbocycles. The van der Waals surface area contributed by atoms with E-state index < -0.39 is 12.0 Å². The molecule has 1 atom stereocenters. The van der Waals surface area contributed by atoms with E-state index in [9.17, 15) is 9.59 Å². The molecule has 0 unspecified atom stereocenters. The van der Waals surface area contributed by atoms with Crippen LogP contribution in [0.1, 0.15) is 13.8 Å². The lowest BCUT2D eigenvalue weighted by Gasteiger charge is -2.26. The van der Waals surface area contributed by atoms with E-state index in [0.29, 0.717) is 33.0 Å². The molecule has 1 aromatic heterocycles. The van der Waals surface area contributed by atoms with Crippen LogP contribution in [-0.2, 0) is 9.53 Å². The Kier molecular flexibility index (Phi) is 6.02. The highest BCUT2D eigenvalue weighted by Gasteiger charge is 2.29. The van der Waals surface area contributed by atoms with Gasteiger partial charge in [0, 0.05) is 22.0 Å². The number of nitrogens with zero attached hydrogens (tertiary/aromatic N) is 2. The van der Waals surface area contributed by atoms with Crippen molar-refractivity contribution in [3.05, 3.63) is 40.6 Å². The lowest BCUT2D eigenvalue weighted by molar-refractivity contribution is -0.138. The van der Waals surface area contributed by atoms with Crippen molar-refractivity contribution in [1.82, 2.24) is 20.8 Å². The van der Waals surface area contributed by atoms with Crippen LogP contribution in [-0.4, -0.2) is 40.6 Å². The van der Waals surface area contributed by atoms with E-state index in [0.717, 1.165) is 0 Å². The minimum Gasteiger partial charge on any atom is -0.463 e. The Morgan fingerprint density at radius 2 is 2.22 bits per heavy atom. The largest absolute Gasteiger partial charge is 0.463 e. The third kappa shape index (κ3) is 4.61. The van der Waals surface area contributed by atoms with E-state index in [1.54, 1.807) is 32.0 Å². The molecule has 27 heavy (non-hydrogen) atoms. The molecule has 2 heterocycles. The summed E-state index contributed by atoms with van der Waals surface area (Å²) in [4.78, 5) is 24.0. The van der Waals surface area contributed by atoms with E-state index in [2.05, 4.69) is 20.8 Å². The van der Waals surface area contributed by atoms with E-state index in [4.69, 9.17) is 20.8 Å². The molecule has 0 spiro atoms. The second-order valence-corrected chi connectivity index (χ2v) is 6.97. The molecule has 2 amide bonds. The maximum absolute atomic E-state index is 12.2. The summed E-state index contributed by atoms with van der Waals surface area (Å²) in [6.45, 7) is 3.69. The number of halogens is 1. The van der Waals surface area contributed by atoms with Crippen molar-refractivity contribution in [1.29, 1.82) is 0 Å². The number of rotatable bonds is 6. The summed E-state index contributed by atoms with van der Waals surface area (Å²) < 4.78 is 10.7. The molecule has 3 rings (SSSR count). The average Bonchev–Trinajstić information content (AvgIpc) is 3.08. The van der Waals surface area contributed by atoms with Crippen LogP contribution in [0.3, 0.4) is 0 Å². The van der Waals surface area contributed by atoms with Crippen LogP contribution in [0, 0.1) is 0 Å². The lowest BCUT2D eigenvalue weighted by atomic mass is 10.1. The molecule has 142 valence electrons. The number of nitrogens with one attached hydrogen (secondary N) is 2. The number of urea groups is 1. The number of hydrogen-bond donors (Lipinski definition) is 2. The Hall–Kier alpha value is -2.52. The number of hydrogen-bond acceptors (Lipinski definition) is 7. The first-order valence-corrected chi connectivity index (χ1v) is 9.54. The molecule has 0 radical (unpaired) electrons. The van der Waals surface area contributed by atoms with Crippen molar-refractivity contribution >= 4 is 35.4 Å². The van der Waals surface area contributed by atoms with Gasteiger partial charge in [0.15, 0.2) is 0 Å². The fraction of sp³-hybridized carbons (Fsp3) is 0.294. The molecule has 2 N–H and O–H groups in total. The van der Waals surface area contributed by atoms with Crippen LogP contribution in [0.5, 0.6) is 0 Å². The highest BCUT2D eigenvalue weighted by molar-refractivity contribution is 7.99. The van der Waals surface area contributed by atoms with Crippen LogP contribution in [0.2, 0.25) is 5.02 Å². The van der Waals surface area contributed by atoms with Crippen molar-refractivity contribution in [2.75, 3.05) is 12.4 Å². The first kappa shape index (κ1) is 19.2. The summed E-state index contributed by atoms with van der Waals surface area (Å²) in [7, 11) is 0. The van der Waals surface area contributed by atoms with Crippen LogP contribution < -0.4 is 10.6 Å². The number of esters is 1. The van der Waals surface area contributed by atoms with Gasteiger partial charge in [0.2, 0.25) is 5.89 Å². The van der Waals surface area contributed by atoms with Gasteiger partial charge in [-0.25, -0.2) is 9.59 Å². The van der Waals surface area contributed by atoms with Gasteiger partial charge in [-0.3, -0.25) is 0 Å². The maximum Gasteiger partial charge on any atom is 0.337 e. The summed E-state index contributed by atoms with van der Waals surface area (Å²) >= 11 is 7.18. The average molecular weight is 409 g/mol. The Labute approximate surface area is 164 Å². The topological polar surface area (TPSA) is 106 Å². The molecule has 1 aliphatic rings. The van der Waals surface area contributed by atoms with Crippen molar-refractivity contribution in [2.24, 2.45) is 0 Å². The van der Waals surface area contributed by atoms with Gasteiger partial charge in [-0.2, -0.15) is 0 Å². The van der Waals surface area contributed by atoms with Gasteiger partial charge in [-0.15, -0.1) is 10.2 Å². The Bertz CT molecular complexity index is 899. The normalized spacial score (nSPS) is 16.7. The van der Waals surface area contributed by atoms with E-state index in [-0.39, 0.29) is 18.4 Å². The molecule has 2 aromatic rings. The standard InChI is InChI=1S/C17H17ClN4O4S/c1-3-25-15(23)13-9(2)19-16(24)20-12(13)8-27-17-22-21-14(26-17)10-5-4-6-11(18)7-10/h4-7,9H,3,8H2,1-2H3,(H2,19,20,24)/t9-/m0/s1. The van der Waals surface area contributed by atoms with Crippen molar-refractivity contribution in [3.63, 3.8) is 0 Å². The van der Waals surface area contributed by atoms with Crippen molar-refractivity contribution in [3.8, 4) is 11.5 Å². The number of aromatic nitrogens is 2. The fourth-order valence-electron chi connectivity index (χ4n) is 2.53. The lowest BCUT2D eigenvalue weighted by Crippen LogP contribution is -2.49. The fourth-order valence-corrected chi connectivity index (χ4v) is 3.46. The summed E-state index contributed by atoms with van der Waals surface area (Å²) in [5.41, 5.74) is 1.54. The highest BCUT2D eigenvalue weighted by atomic mass is 35.5. The number of ether oxygens (including phenoxy) is 1. The number of benzene rings is 1. The Morgan fingerprint density at radius 3 is 2.96 bits per heavy atom. The molecule has 0 saturated heterocycles. The minimum atomic E-state index is -0.474. The van der Waals surface area contributed by atoms with E-state index in [1.807, 2.05) is 6.07 Å². The molecule has 0 bridgehead atoms. The predicted octanol–water partition coefficient (Wildman–Crippen LogP) is 3.00.